The number of aliphatic imine (C=N–C) groups is 1. The Morgan fingerprint density at radius 1 is 1.27 bits per heavy atom. The lowest BCUT2D eigenvalue weighted by Gasteiger charge is -2.33. The number of guanidine groups is 1. The number of rotatable bonds is 8. The van der Waals surface area contributed by atoms with E-state index in [-0.39, 0.29) is 30.1 Å². The number of likely N-dealkylation sites (tertiary alicyclic amines) is 1. The molecule has 30 heavy (non-hydrogen) atoms. The summed E-state index contributed by atoms with van der Waals surface area (Å²) in [6.45, 7) is 12.6. The van der Waals surface area contributed by atoms with Crippen molar-refractivity contribution >= 4 is 29.9 Å². The number of piperidine rings is 1. The second-order valence-corrected chi connectivity index (χ2v) is 8.22. The molecule has 0 aromatic heterocycles. The average Bonchev–Trinajstić information content (AvgIpc) is 3.22. The van der Waals surface area contributed by atoms with E-state index in [1.807, 2.05) is 0 Å². The molecule has 7 heteroatoms. The van der Waals surface area contributed by atoms with E-state index in [4.69, 9.17) is 14.5 Å². The molecule has 1 aromatic carbocycles. The van der Waals surface area contributed by atoms with Gasteiger partial charge < -0.3 is 20.1 Å². The fourth-order valence-corrected chi connectivity index (χ4v) is 4.00. The van der Waals surface area contributed by atoms with Gasteiger partial charge in [0.05, 0.1) is 19.8 Å². The number of hydrogen-bond donors (Lipinski definition) is 2. The fourth-order valence-electron chi connectivity index (χ4n) is 4.00. The predicted molar refractivity (Wildman–Crippen MR) is 134 cm³/mol. The van der Waals surface area contributed by atoms with Gasteiger partial charge in [0, 0.05) is 37.7 Å². The van der Waals surface area contributed by atoms with Crippen molar-refractivity contribution in [2.75, 3.05) is 39.4 Å². The average molecular weight is 530 g/mol. The first-order valence-electron chi connectivity index (χ1n) is 11.3. The van der Waals surface area contributed by atoms with Crippen LogP contribution in [0.25, 0.3) is 0 Å². The van der Waals surface area contributed by atoms with Crippen LogP contribution in [0.4, 0.5) is 0 Å². The molecular weight excluding hydrogens is 491 g/mol. The highest BCUT2D eigenvalue weighted by Crippen LogP contribution is 2.24. The monoisotopic (exact) mass is 530 g/mol. The SMILES string of the molecule is CCNC(=NCc1ccc(C)cc1OC1CCOC1)NCCN1CCCCC1C.I. The van der Waals surface area contributed by atoms with Gasteiger partial charge in [-0.25, -0.2) is 4.99 Å². The van der Waals surface area contributed by atoms with Crippen LogP contribution in [-0.2, 0) is 11.3 Å². The predicted octanol–water partition coefficient (Wildman–Crippen LogP) is 3.71. The van der Waals surface area contributed by atoms with Gasteiger partial charge in [-0.05, 0) is 51.8 Å². The molecule has 3 rings (SSSR count). The topological polar surface area (TPSA) is 58.1 Å². The van der Waals surface area contributed by atoms with E-state index in [0.717, 1.165) is 49.9 Å². The summed E-state index contributed by atoms with van der Waals surface area (Å²) in [7, 11) is 0. The van der Waals surface area contributed by atoms with E-state index < -0.39 is 0 Å². The van der Waals surface area contributed by atoms with Crippen LogP contribution in [0.5, 0.6) is 5.75 Å². The maximum absolute atomic E-state index is 6.21. The molecule has 0 aliphatic carbocycles. The highest BCUT2D eigenvalue weighted by molar-refractivity contribution is 14.0. The lowest BCUT2D eigenvalue weighted by Crippen LogP contribution is -2.45. The third-order valence-corrected chi connectivity index (χ3v) is 5.79. The molecule has 2 heterocycles. The van der Waals surface area contributed by atoms with Crippen LogP contribution in [0.15, 0.2) is 23.2 Å². The summed E-state index contributed by atoms with van der Waals surface area (Å²) in [5, 5.41) is 6.86. The Balaban J connectivity index is 0.00000320. The quantitative estimate of drug-likeness (QED) is 0.305. The van der Waals surface area contributed by atoms with Crippen LogP contribution >= 0.6 is 24.0 Å². The van der Waals surface area contributed by atoms with Crippen LogP contribution in [0, 0.1) is 6.92 Å². The van der Waals surface area contributed by atoms with E-state index in [2.05, 4.69) is 54.5 Å². The molecule has 2 atom stereocenters. The van der Waals surface area contributed by atoms with Crippen molar-refractivity contribution in [1.29, 1.82) is 0 Å². The maximum atomic E-state index is 6.21. The van der Waals surface area contributed by atoms with Gasteiger partial charge in [-0.3, -0.25) is 4.90 Å². The molecule has 2 saturated heterocycles. The maximum Gasteiger partial charge on any atom is 0.191 e. The molecule has 0 bridgehead atoms. The zero-order valence-electron chi connectivity index (χ0n) is 18.8. The molecule has 0 amide bonds. The van der Waals surface area contributed by atoms with Crippen LogP contribution in [0.2, 0.25) is 0 Å². The molecule has 6 nitrogen and oxygen atoms in total. The second-order valence-electron chi connectivity index (χ2n) is 8.22. The Morgan fingerprint density at radius 2 is 2.13 bits per heavy atom. The molecule has 2 fully saturated rings. The van der Waals surface area contributed by atoms with E-state index >= 15 is 0 Å². The van der Waals surface area contributed by atoms with Gasteiger partial charge in [0.25, 0.3) is 0 Å². The van der Waals surface area contributed by atoms with E-state index in [9.17, 15) is 0 Å². The summed E-state index contributed by atoms with van der Waals surface area (Å²) in [4.78, 5) is 7.39. The normalized spacial score (nSPS) is 22.4. The summed E-state index contributed by atoms with van der Waals surface area (Å²) in [5.74, 6) is 1.80. The van der Waals surface area contributed by atoms with Gasteiger partial charge in [-0.2, -0.15) is 0 Å². The van der Waals surface area contributed by atoms with Crippen molar-refractivity contribution in [3.8, 4) is 5.75 Å². The van der Waals surface area contributed by atoms with Gasteiger partial charge in [-0.15, -0.1) is 24.0 Å². The molecule has 2 N–H and O–H groups in total. The van der Waals surface area contributed by atoms with E-state index in [1.165, 1.54) is 31.4 Å². The Hall–Kier alpha value is -1.06. The summed E-state index contributed by atoms with van der Waals surface area (Å²) in [5.41, 5.74) is 2.32. The highest BCUT2D eigenvalue weighted by atomic mass is 127. The van der Waals surface area contributed by atoms with Crippen LogP contribution in [0.3, 0.4) is 0 Å². The van der Waals surface area contributed by atoms with Crippen LogP contribution < -0.4 is 15.4 Å². The lowest BCUT2D eigenvalue weighted by molar-refractivity contribution is 0.140. The first kappa shape index (κ1) is 25.2. The van der Waals surface area contributed by atoms with Crippen molar-refractivity contribution in [3.05, 3.63) is 29.3 Å². The molecule has 0 radical (unpaired) electrons. The van der Waals surface area contributed by atoms with Crippen LogP contribution in [-0.4, -0.2) is 62.4 Å². The van der Waals surface area contributed by atoms with E-state index in [0.29, 0.717) is 19.2 Å². The number of benzene rings is 1. The minimum atomic E-state index is 0. The molecule has 0 saturated carbocycles. The Morgan fingerprint density at radius 3 is 2.87 bits per heavy atom. The number of hydrogen-bond acceptors (Lipinski definition) is 4. The molecule has 2 aliphatic rings. The Bertz CT molecular complexity index is 665. The van der Waals surface area contributed by atoms with Crippen molar-refractivity contribution in [1.82, 2.24) is 15.5 Å². The third kappa shape index (κ3) is 7.89. The van der Waals surface area contributed by atoms with Gasteiger partial charge in [0.15, 0.2) is 5.96 Å². The van der Waals surface area contributed by atoms with Gasteiger partial charge >= 0.3 is 0 Å². The molecule has 0 spiro atoms. The summed E-state index contributed by atoms with van der Waals surface area (Å²) < 4.78 is 11.7. The number of halogens is 1. The smallest absolute Gasteiger partial charge is 0.191 e. The molecular formula is C23H39IN4O2. The molecule has 2 unspecified atom stereocenters. The largest absolute Gasteiger partial charge is 0.488 e. The van der Waals surface area contributed by atoms with Crippen molar-refractivity contribution in [2.24, 2.45) is 4.99 Å². The minimum absolute atomic E-state index is 0. The molecule has 2 aliphatic heterocycles. The number of nitrogens with one attached hydrogen (secondary N) is 2. The summed E-state index contributed by atoms with van der Waals surface area (Å²) >= 11 is 0. The third-order valence-electron chi connectivity index (χ3n) is 5.79. The second kappa shape index (κ2) is 13.4. The van der Waals surface area contributed by atoms with Gasteiger partial charge in [0.2, 0.25) is 0 Å². The summed E-state index contributed by atoms with van der Waals surface area (Å²) in [6, 6.07) is 7.06. The standard InChI is InChI=1S/C23H38N4O2.HI/c1-4-24-23(25-11-13-27-12-6-5-7-19(27)3)26-16-20-9-8-18(2)15-22(20)29-21-10-14-28-17-21;/h8-9,15,19,21H,4-7,10-14,16-17H2,1-3H3,(H2,24,25,26);1H. The Labute approximate surface area is 199 Å². The minimum Gasteiger partial charge on any atom is -0.488 e. The van der Waals surface area contributed by atoms with E-state index in [1.54, 1.807) is 0 Å². The van der Waals surface area contributed by atoms with Crippen molar-refractivity contribution < 1.29 is 9.47 Å². The number of ether oxygens (including phenoxy) is 2. The molecule has 1 aromatic rings. The first-order chi connectivity index (χ1) is 14.2. The number of aryl methyl sites for hydroxylation is 1. The van der Waals surface area contributed by atoms with Gasteiger partial charge in [-0.1, -0.05) is 18.6 Å². The lowest BCUT2D eigenvalue weighted by atomic mass is 10.0. The van der Waals surface area contributed by atoms with Crippen molar-refractivity contribution in [3.63, 3.8) is 0 Å². The zero-order valence-corrected chi connectivity index (χ0v) is 21.1. The highest BCUT2D eigenvalue weighted by Gasteiger charge is 2.19. The zero-order chi connectivity index (χ0) is 20.5. The van der Waals surface area contributed by atoms with Gasteiger partial charge in [0.1, 0.15) is 11.9 Å². The van der Waals surface area contributed by atoms with Crippen LogP contribution in [0.1, 0.15) is 50.7 Å². The summed E-state index contributed by atoms with van der Waals surface area (Å²) in [6.07, 6.45) is 5.10. The molecule has 170 valence electrons. The number of nitrogens with zero attached hydrogens (tertiary/aromatic N) is 2. The first-order valence-corrected chi connectivity index (χ1v) is 11.3. The Kier molecular flexibility index (Phi) is 11.2. The van der Waals surface area contributed by atoms with Crippen molar-refractivity contribution in [2.45, 2.75) is 65.1 Å². The fraction of sp³-hybridized carbons (Fsp3) is 0.696.